The lowest BCUT2D eigenvalue weighted by atomic mass is 10.1. The average molecular weight is 340 g/mol. The molecule has 0 aliphatic heterocycles. The number of nitrogens with zero attached hydrogens (tertiary/aromatic N) is 1. The maximum atomic E-state index is 12.8. The Balaban J connectivity index is 1.95. The molecule has 4 nitrogen and oxygen atoms in total. The number of carbonyl (C=O) groups excluding carboxylic acids is 1. The number of pyridine rings is 1. The summed E-state index contributed by atoms with van der Waals surface area (Å²) in [6.45, 7) is 2.16. The normalized spacial score (nSPS) is 10.9. The van der Waals surface area contributed by atoms with E-state index in [1.165, 1.54) is 11.3 Å². The number of hydrogen-bond acceptors (Lipinski definition) is 5. The fraction of sp³-hybridized carbons (Fsp3) is 0.263. The summed E-state index contributed by atoms with van der Waals surface area (Å²) in [6.07, 6.45) is 3.19. The number of hydrogen-bond donors (Lipinski definition) is 1. The molecule has 0 radical (unpaired) electrons. The summed E-state index contributed by atoms with van der Waals surface area (Å²) >= 11 is 1.37. The summed E-state index contributed by atoms with van der Waals surface area (Å²) in [6, 6.07) is 11.0. The van der Waals surface area contributed by atoms with Gasteiger partial charge in [0.1, 0.15) is 15.5 Å². The van der Waals surface area contributed by atoms with Gasteiger partial charge in [0.15, 0.2) is 0 Å². The van der Waals surface area contributed by atoms with Crippen molar-refractivity contribution in [3.05, 3.63) is 52.5 Å². The van der Waals surface area contributed by atoms with Crippen molar-refractivity contribution >= 4 is 33.0 Å². The lowest BCUT2D eigenvalue weighted by molar-refractivity contribution is 0.104. The van der Waals surface area contributed by atoms with Gasteiger partial charge in [0.05, 0.1) is 12.8 Å². The van der Waals surface area contributed by atoms with Crippen molar-refractivity contribution in [2.75, 3.05) is 12.8 Å². The summed E-state index contributed by atoms with van der Waals surface area (Å²) in [5.41, 5.74) is 8.37. The van der Waals surface area contributed by atoms with Crippen LogP contribution in [0.5, 0.6) is 5.75 Å². The predicted molar refractivity (Wildman–Crippen MR) is 99.1 cm³/mol. The number of fused-ring (bicyclic) bond motifs is 1. The van der Waals surface area contributed by atoms with E-state index in [2.05, 4.69) is 11.9 Å². The van der Waals surface area contributed by atoms with Gasteiger partial charge in [0, 0.05) is 16.6 Å². The molecule has 0 spiro atoms. The number of methoxy groups -OCH3 is 1. The van der Waals surface area contributed by atoms with Crippen LogP contribution >= 0.6 is 11.3 Å². The molecule has 5 heteroatoms. The van der Waals surface area contributed by atoms with Crippen LogP contribution in [0.1, 0.15) is 40.7 Å². The van der Waals surface area contributed by atoms with Crippen molar-refractivity contribution in [1.82, 2.24) is 4.98 Å². The highest BCUT2D eigenvalue weighted by Gasteiger charge is 2.19. The number of rotatable bonds is 6. The lowest BCUT2D eigenvalue weighted by Gasteiger charge is -2.02. The van der Waals surface area contributed by atoms with Gasteiger partial charge in [-0.3, -0.25) is 4.79 Å². The van der Waals surface area contributed by atoms with Crippen molar-refractivity contribution in [2.24, 2.45) is 0 Å². The van der Waals surface area contributed by atoms with Crippen molar-refractivity contribution in [2.45, 2.75) is 26.2 Å². The van der Waals surface area contributed by atoms with Crippen LogP contribution in [-0.2, 0) is 6.42 Å². The van der Waals surface area contributed by atoms with Gasteiger partial charge in [-0.1, -0.05) is 13.3 Å². The van der Waals surface area contributed by atoms with Gasteiger partial charge in [-0.15, -0.1) is 11.3 Å². The molecule has 0 saturated carbocycles. The summed E-state index contributed by atoms with van der Waals surface area (Å²) in [5.74, 6) is 0.645. The second-order valence-corrected chi connectivity index (χ2v) is 6.66. The average Bonchev–Trinajstić information content (AvgIpc) is 2.95. The zero-order valence-corrected chi connectivity index (χ0v) is 14.7. The molecule has 2 heterocycles. The van der Waals surface area contributed by atoms with Crippen molar-refractivity contribution in [3.63, 3.8) is 0 Å². The number of aromatic nitrogens is 1. The van der Waals surface area contributed by atoms with Gasteiger partial charge in [-0.25, -0.2) is 4.98 Å². The number of nitrogen functional groups attached to an aromatic ring is 1. The van der Waals surface area contributed by atoms with Crippen molar-refractivity contribution in [1.29, 1.82) is 0 Å². The number of aryl methyl sites for hydroxylation is 1. The minimum Gasteiger partial charge on any atom is -0.497 e. The summed E-state index contributed by atoms with van der Waals surface area (Å²) < 4.78 is 5.13. The van der Waals surface area contributed by atoms with E-state index in [0.29, 0.717) is 16.1 Å². The Morgan fingerprint density at radius 2 is 1.96 bits per heavy atom. The Kier molecular flexibility index (Phi) is 4.81. The molecule has 0 saturated heterocycles. The lowest BCUT2D eigenvalue weighted by Crippen LogP contribution is -2.02. The Morgan fingerprint density at radius 1 is 1.21 bits per heavy atom. The van der Waals surface area contributed by atoms with Gasteiger partial charge in [0.25, 0.3) is 0 Å². The zero-order chi connectivity index (χ0) is 17.1. The molecule has 2 aromatic heterocycles. The number of thiophene rings is 1. The van der Waals surface area contributed by atoms with Crippen molar-refractivity contribution in [3.8, 4) is 5.75 Å². The maximum absolute atomic E-state index is 12.8. The third kappa shape index (κ3) is 3.12. The third-order valence-electron chi connectivity index (χ3n) is 4.00. The smallest absolute Gasteiger partial charge is 0.205 e. The van der Waals surface area contributed by atoms with E-state index >= 15 is 0 Å². The number of anilines is 1. The van der Waals surface area contributed by atoms with E-state index in [-0.39, 0.29) is 5.78 Å². The summed E-state index contributed by atoms with van der Waals surface area (Å²) in [5, 5.41) is 0.858. The zero-order valence-electron chi connectivity index (χ0n) is 13.8. The Morgan fingerprint density at radius 3 is 2.62 bits per heavy atom. The largest absolute Gasteiger partial charge is 0.497 e. The molecule has 0 aliphatic rings. The number of ether oxygens (including phenoxy) is 1. The molecule has 0 amide bonds. The van der Waals surface area contributed by atoms with E-state index in [1.54, 1.807) is 31.4 Å². The number of benzene rings is 1. The van der Waals surface area contributed by atoms with Crippen LogP contribution in [0, 0.1) is 0 Å². The summed E-state index contributed by atoms with van der Waals surface area (Å²) in [4.78, 5) is 18.8. The molecule has 0 bridgehead atoms. The number of ketones is 1. The molecule has 0 aliphatic carbocycles. The van der Waals surface area contributed by atoms with E-state index in [4.69, 9.17) is 10.5 Å². The number of nitrogens with two attached hydrogens (primary N) is 1. The fourth-order valence-corrected chi connectivity index (χ4v) is 3.65. The topological polar surface area (TPSA) is 65.2 Å². The van der Waals surface area contributed by atoms with E-state index in [1.807, 2.05) is 12.1 Å². The molecule has 0 unspecified atom stereocenters. The Hall–Kier alpha value is -2.40. The second kappa shape index (κ2) is 7.01. The quantitative estimate of drug-likeness (QED) is 0.673. The van der Waals surface area contributed by atoms with E-state index < -0.39 is 0 Å². The molecule has 3 aromatic rings. The molecule has 24 heavy (non-hydrogen) atoms. The van der Waals surface area contributed by atoms with Crippen LogP contribution < -0.4 is 10.5 Å². The van der Waals surface area contributed by atoms with Crippen LogP contribution in [0.2, 0.25) is 0 Å². The highest BCUT2D eigenvalue weighted by Crippen LogP contribution is 2.34. The molecule has 0 atom stereocenters. The molecular formula is C19H20N2O2S. The first-order valence-corrected chi connectivity index (χ1v) is 8.82. The van der Waals surface area contributed by atoms with Crippen LogP contribution in [0.15, 0.2) is 36.4 Å². The monoisotopic (exact) mass is 340 g/mol. The number of unbranched alkanes of at least 4 members (excludes halogenated alkanes) is 1. The van der Waals surface area contributed by atoms with Crippen LogP contribution in [0.3, 0.4) is 0 Å². The van der Waals surface area contributed by atoms with Gasteiger partial charge in [0.2, 0.25) is 5.78 Å². The van der Waals surface area contributed by atoms with Crippen LogP contribution in [-0.4, -0.2) is 17.9 Å². The summed E-state index contributed by atoms with van der Waals surface area (Å²) in [7, 11) is 1.60. The highest BCUT2D eigenvalue weighted by atomic mass is 32.1. The van der Waals surface area contributed by atoms with Crippen LogP contribution in [0.25, 0.3) is 10.2 Å². The Labute approximate surface area is 145 Å². The SMILES string of the molecule is CCCCc1ccc2c(N)c(C(=O)c3ccc(OC)cc3)sc2n1. The minimum absolute atomic E-state index is 0.0757. The molecule has 1 aromatic carbocycles. The van der Waals surface area contributed by atoms with Crippen molar-refractivity contribution < 1.29 is 9.53 Å². The Bertz CT molecular complexity index is 869. The first-order chi connectivity index (χ1) is 11.6. The first kappa shape index (κ1) is 16.5. The molecule has 0 fully saturated rings. The molecular weight excluding hydrogens is 320 g/mol. The maximum Gasteiger partial charge on any atom is 0.205 e. The highest BCUT2D eigenvalue weighted by molar-refractivity contribution is 7.21. The molecule has 3 rings (SSSR count). The van der Waals surface area contributed by atoms with E-state index in [9.17, 15) is 4.79 Å². The minimum atomic E-state index is -0.0757. The van der Waals surface area contributed by atoms with Gasteiger partial charge < -0.3 is 10.5 Å². The molecule has 2 N–H and O–H groups in total. The van der Waals surface area contributed by atoms with Crippen LogP contribution in [0.4, 0.5) is 5.69 Å². The standard InChI is InChI=1S/C19H20N2O2S/c1-3-4-5-13-8-11-15-16(20)18(24-19(15)21-13)17(22)12-6-9-14(23-2)10-7-12/h6-11H,3-5,20H2,1-2H3. The first-order valence-electron chi connectivity index (χ1n) is 8.00. The second-order valence-electron chi connectivity index (χ2n) is 5.66. The van der Waals surface area contributed by atoms with Gasteiger partial charge >= 0.3 is 0 Å². The predicted octanol–water partition coefficient (Wildman–Crippen LogP) is 4.46. The van der Waals surface area contributed by atoms with E-state index in [0.717, 1.165) is 40.9 Å². The van der Waals surface area contributed by atoms with Gasteiger partial charge in [-0.05, 0) is 49.2 Å². The number of carbonyl (C=O) groups is 1. The third-order valence-corrected chi connectivity index (χ3v) is 5.11. The molecule has 124 valence electrons. The fourth-order valence-electron chi connectivity index (χ4n) is 2.57. The van der Waals surface area contributed by atoms with Gasteiger partial charge in [-0.2, -0.15) is 0 Å².